The molecule has 0 aliphatic rings. The summed E-state index contributed by atoms with van der Waals surface area (Å²) in [5.41, 5.74) is 2.62. The fraction of sp³-hybridized carbons (Fsp3) is 0.200. The molecule has 0 bridgehead atoms. The second kappa shape index (κ2) is 6.15. The van der Waals surface area contributed by atoms with Crippen LogP contribution in [0, 0.1) is 6.92 Å². The number of esters is 1. The third-order valence-electron chi connectivity index (χ3n) is 3.16. The van der Waals surface area contributed by atoms with Gasteiger partial charge in [-0.1, -0.05) is 18.2 Å². The Morgan fingerprint density at radius 2 is 2.18 bits per heavy atom. The summed E-state index contributed by atoms with van der Waals surface area (Å²) < 4.78 is 5.18. The van der Waals surface area contributed by atoms with Gasteiger partial charge in [0, 0.05) is 28.5 Å². The quantitative estimate of drug-likeness (QED) is 0.746. The molecular weight excluding hydrogens is 300 g/mol. The summed E-state index contributed by atoms with van der Waals surface area (Å²) in [7, 11) is 0. The largest absolute Gasteiger partial charge is 0.461 e. The first kappa shape index (κ1) is 14.5. The van der Waals surface area contributed by atoms with Crippen LogP contribution in [0.1, 0.15) is 18.2 Å². The maximum Gasteiger partial charge on any atom is 0.302 e. The topological polar surface area (TPSA) is 80.8 Å². The summed E-state index contributed by atoms with van der Waals surface area (Å²) in [6, 6.07) is 7.86. The predicted molar refractivity (Wildman–Crippen MR) is 82.5 cm³/mol. The van der Waals surface area contributed by atoms with Crippen LogP contribution in [0.4, 0.5) is 0 Å². The standard InChI is InChI=1S/C15H14N4O2S/c1-9-12(7-21-10(2)20)14(22-15-16-8-17-19-15)11-5-3-4-6-13(11)18-9/h3-6,8H,7H2,1-2H3,(H,16,17,19). The molecule has 22 heavy (non-hydrogen) atoms. The van der Waals surface area contributed by atoms with E-state index in [1.165, 1.54) is 25.0 Å². The molecule has 0 unspecified atom stereocenters. The molecule has 0 aliphatic carbocycles. The highest BCUT2D eigenvalue weighted by Crippen LogP contribution is 2.35. The molecule has 2 heterocycles. The first-order valence-electron chi connectivity index (χ1n) is 6.70. The van der Waals surface area contributed by atoms with Crippen molar-refractivity contribution in [3.8, 4) is 0 Å². The molecule has 1 N–H and O–H groups in total. The number of nitrogens with zero attached hydrogens (tertiary/aromatic N) is 3. The third-order valence-corrected chi connectivity index (χ3v) is 4.22. The van der Waals surface area contributed by atoms with E-state index in [0.29, 0.717) is 5.16 Å². The van der Waals surface area contributed by atoms with E-state index in [1.807, 2.05) is 31.2 Å². The second-order valence-electron chi connectivity index (χ2n) is 4.69. The fourth-order valence-corrected chi connectivity index (χ4v) is 3.14. The number of benzene rings is 1. The van der Waals surface area contributed by atoms with Crippen LogP contribution >= 0.6 is 11.8 Å². The van der Waals surface area contributed by atoms with Gasteiger partial charge in [0.15, 0.2) is 5.16 Å². The lowest BCUT2D eigenvalue weighted by Crippen LogP contribution is -2.04. The van der Waals surface area contributed by atoms with Crippen molar-refractivity contribution in [2.24, 2.45) is 0 Å². The Kier molecular flexibility index (Phi) is 4.06. The number of carbonyl (C=O) groups excluding carboxylic acids is 1. The lowest BCUT2D eigenvalue weighted by molar-refractivity contribution is -0.142. The van der Waals surface area contributed by atoms with Crippen molar-refractivity contribution in [1.29, 1.82) is 0 Å². The van der Waals surface area contributed by atoms with Gasteiger partial charge in [0.1, 0.15) is 12.9 Å². The smallest absolute Gasteiger partial charge is 0.302 e. The third kappa shape index (κ3) is 2.94. The Bertz CT molecular complexity index is 818. The number of aromatic amines is 1. The highest BCUT2D eigenvalue weighted by atomic mass is 32.2. The molecule has 0 atom stereocenters. The second-order valence-corrected chi connectivity index (χ2v) is 5.69. The molecule has 6 nitrogen and oxygen atoms in total. The Balaban J connectivity index is 2.13. The lowest BCUT2D eigenvalue weighted by Gasteiger charge is -2.14. The number of carbonyl (C=O) groups is 1. The molecule has 0 saturated heterocycles. The van der Waals surface area contributed by atoms with Gasteiger partial charge in [-0.15, -0.1) is 0 Å². The fourth-order valence-electron chi connectivity index (χ4n) is 2.14. The summed E-state index contributed by atoms with van der Waals surface area (Å²) in [6.07, 6.45) is 1.46. The molecule has 0 amide bonds. The van der Waals surface area contributed by atoms with Crippen molar-refractivity contribution in [1.82, 2.24) is 20.2 Å². The minimum Gasteiger partial charge on any atom is -0.461 e. The number of fused-ring (bicyclic) bond motifs is 1. The molecule has 0 radical (unpaired) electrons. The Hall–Kier alpha value is -2.41. The van der Waals surface area contributed by atoms with Crippen LogP contribution in [0.25, 0.3) is 10.9 Å². The number of aromatic nitrogens is 4. The van der Waals surface area contributed by atoms with E-state index in [4.69, 9.17) is 4.74 Å². The summed E-state index contributed by atoms with van der Waals surface area (Å²) in [5, 5.41) is 8.38. The van der Waals surface area contributed by atoms with Crippen LogP contribution in [0.5, 0.6) is 0 Å². The molecule has 0 aliphatic heterocycles. The Labute approximate surface area is 131 Å². The zero-order chi connectivity index (χ0) is 15.5. The molecule has 3 aromatic rings. The zero-order valence-corrected chi connectivity index (χ0v) is 13.0. The maximum atomic E-state index is 11.1. The number of hydrogen-bond donors (Lipinski definition) is 1. The number of aryl methyl sites for hydroxylation is 1. The van der Waals surface area contributed by atoms with E-state index in [2.05, 4.69) is 20.2 Å². The average Bonchev–Trinajstić information content (AvgIpc) is 2.99. The van der Waals surface area contributed by atoms with E-state index < -0.39 is 0 Å². The van der Waals surface area contributed by atoms with Crippen LogP contribution < -0.4 is 0 Å². The molecule has 3 rings (SSSR count). The molecule has 112 valence electrons. The molecule has 0 saturated carbocycles. The van der Waals surface area contributed by atoms with Crippen molar-refractivity contribution < 1.29 is 9.53 Å². The predicted octanol–water partition coefficient (Wildman–Crippen LogP) is 2.88. The van der Waals surface area contributed by atoms with Gasteiger partial charge in [0.2, 0.25) is 0 Å². The molecule has 7 heteroatoms. The Morgan fingerprint density at radius 1 is 1.36 bits per heavy atom. The minimum atomic E-state index is -0.317. The monoisotopic (exact) mass is 314 g/mol. The molecule has 0 fully saturated rings. The number of rotatable bonds is 4. The average molecular weight is 314 g/mol. The van der Waals surface area contributed by atoms with Crippen LogP contribution in [0.15, 0.2) is 40.6 Å². The van der Waals surface area contributed by atoms with Gasteiger partial charge in [0.25, 0.3) is 0 Å². The van der Waals surface area contributed by atoms with Gasteiger partial charge in [-0.3, -0.25) is 14.9 Å². The Morgan fingerprint density at radius 3 is 2.91 bits per heavy atom. The summed E-state index contributed by atoms with van der Waals surface area (Å²) >= 11 is 1.46. The summed E-state index contributed by atoms with van der Waals surface area (Å²) in [6.45, 7) is 3.50. The summed E-state index contributed by atoms with van der Waals surface area (Å²) in [4.78, 5) is 20.9. The van der Waals surface area contributed by atoms with E-state index >= 15 is 0 Å². The van der Waals surface area contributed by atoms with Gasteiger partial charge in [-0.05, 0) is 24.8 Å². The molecular formula is C15H14N4O2S. The van der Waals surface area contributed by atoms with Gasteiger partial charge >= 0.3 is 5.97 Å². The van der Waals surface area contributed by atoms with Gasteiger partial charge in [-0.2, -0.15) is 5.10 Å². The van der Waals surface area contributed by atoms with Gasteiger partial charge in [0.05, 0.1) is 5.52 Å². The molecule has 2 aromatic heterocycles. The highest BCUT2D eigenvalue weighted by Gasteiger charge is 2.16. The van der Waals surface area contributed by atoms with Crippen LogP contribution in [0.3, 0.4) is 0 Å². The SMILES string of the molecule is CC(=O)OCc1c(C)nc2ccccc2c1Sc1ncn[nH]1. The molecule has 0 spiro atoms. The normalized spacial score (nSPS) is 10.8. The number of ether oxygens (including phenoxy) is 1. The van der Waals surface area contributed by atoms with Crippen molar-refractivity contribution >= 4 is 28.6 Å². The van der Waals surface area contributed by atoms with E-state index in [-0.39, 0.29) is 12.6 Å². The van der Waals surface area contributed by atoms with Crippen molar-refractivity contribution in [3.05, 3.63) is 41.9 Å². The van der Waals surface area contributed by atoms with E-state index in [9.17, 15) is 4.79 Å². The van der Waals surface area contributed by atoms with Crippen molar-refractivity contribution in [2.75, 3.05) is 0 Å². The number of hydrogen-bond acceptors (Lipinski definition) is 6. The van der Waals surface area contributed by atoms with Gasteiger partial charge in [-0.25, -0.2) is 4.98 Å². The molecule has 1 aromatic carbocycles. The van der Waals surface area contributed by atoms with E-state index in [1.54, 1.807) is 0 Å². The number of H-pyrrole nitrogens is 1. The summed E-state index contributed by atoms with van der Waals surface area (Å²) in [5.74, 6) is -0.317. The van der Waals surface area contributed by atoms with Crippen LogP contribution in [0.2, 0.25) is 0 Å². The lowest BCUT2D eigenvalue weighted by atomic mass is 10.1. The highest BCUT2D eigenvalue weighted by molar-refractivity contribution is 7.99. The number of nitrogens with one attached hydrogen (secondary N) is 1. The van der Waals surface area contributed by atoms with Crippen molar-refractivity contribution in [3.63, 3.8) is 0 Å². The number of pyridine rings is 1. The first-order chi connectivity index (χ1) is 10.6. The zero-order valence-electron chi connectivity index (χ0n) is 12.2. The van der Waals surface area contributed by atoms with Gasteiger partial charge < -0.3 is 4.74 Å². The first-order valence-corrected chi connectivity index (χ1v) is 7.51. The van der Waals surface area contributed by atoms with Crippen LogP contribution in [-0.4, -0.2) is 26.1 Å². The maximum absolute atomic E-state index is 11.1. The van der Waals surface area contributed by atoms with E-state index in [0.717, 1.165) is 27.1 Å². The number of para-hydroxylation sites is 1. The minimum absolute atomic E-state index is 0.190. The van der Waals surface area contributed by atoms with Crippen LogP contribution in [-0.2, 0) is 16.1 Å². The van der Waals surface area contributed by atoms with Crippen molar-refractivity contribution in [2.45, 2.75) is 30.5 Å².